The molecule has 2 rings (SSSR count). The number of rotatable bonds is 8. The van der Waals surface area contributed by atoms with Crippen LogP contribution in [0.2, 0.25) is 0 Å². The number of aldehydes is 1. The number of pyridine rings is 1. The number of nitrogens with one attached hydrogen (secondary N) is 1. The van der Waals surface area contributed by atoms with Crippen LogP contribution in [0, 0.1) is 5.92 Å². The molecule has 0 spiro atoms. The Kier molecular flexibility index (Phi) is 16.6. The number of nitrogens with zero attached hydrogens (tertiary/aromatic N) is 1. The van der Waals surface area contributed by atoms with Crippen LogP contribution in [0.25, 0.3) is 17.9 Å². The van der Waals surface area contributed by atoms with E-state index in [9.17, 15) is 4.79 Å². The number of hydrogen-bond donors (Lipinski definition) is 1. The fourth-order valence-electron chi connectivity index (χ4n) is 2.53. The quantitative estimate of drug-likeness (QED) is 0.392. The van der Waals surface area contributed by atoms with Crippen molar-refractivity contribution in [1.82, 2.24) is 10.3 Å². The lowest BCUT2D eigenvalue weighted by molar-refractivity contribution is -0.113. The summed E-state index contributed by atoms with van der Waals surface area (Å²) in [5.41, 5.74) is 3.71. The van der Waals surface area contributed by atoms with Gasteiger partial charge in [-0.3, -0.25) is 0 Å². The number of hydrogen-bond acceptors (Lipinski definition) is 5. The van der Waals surface area contributed by atoms with Crippen LogP contribution in [0.4, 0.5) is 0 Å². The second-order valence-electron chi connectivity index (χ2n) is 6.59. The van der Waals surface area contributed by atoms with Crippen LogP contribution < -0.4 is 5.32 Å². The Labute approximate surface area is 189 Å². The normalized spacial score (nSPS) is 14.6. The van der Waals surface area contributed by atoms with Crippen LogP contribution in [0.3, 0.4) is 0 Å². The van der Waals surface area contributed by atoms with E-state index in [1.165, 1.54) is 0 Å². The molecule has 31 heavy (non-hydrogen) atoms. The van der Waals surface area contributed by atoms with Crippen molar-refractivity contribution < 1.29 is 14.3 Å². The standard InChI is InChI=1S/C18H24N2O.C6H10O2.C2H6/c1-6-9-12-21-18(8-3)16-11-10-15(7-2)17(20-16)13-14(4)19-5;7-5-6-1-3-8-4-2-6;1-2/h7-13,19H,2,6H2,1,3-5H3;5-6H,1-4H2;1-2H3/b12-9+,14-13+,18-8-;;. The molecule has 172 valence electrons. The third-order valence-electron chi connectivity index (χ3n) is 4.42. The molecule has 1 aromatic heterocycles. The van der Waals surface area contributed by atoms with E-state index in [-0.39, 0.29) is 5.92 Å². The summed E-state index contributed by atoms with van der Waals surface area (Å²) < 4.78 is 10.7. The Hall–Kier alpha value is -2.66. The number of aromatic nitrogens is 1. The maximum atomic E-state index is 10.1. The molecule has 0 unspecified atom stereocenters. The van der Waals surface area contributed by atoms with E-state index in [1.54, 1.807) is 12.3 Å². The van der Waals surface area contributed by atoms with Crippen molar-refractivity contribution in [3.63, 3.8) is 0 Å². The third-order valence-corrected chi connectivity index (χ3v) is 4.42. The van der Waals surface area contributed by atoms with Crippen molar-refractivity contribution in [2.75, 3.05) is 20.3 Å². The summed E-state index contributed by atoms with van der Waals surface area (Å²) in [6.07, 6.45) is 13.2. The number of ether oxygens (including phenoxy) is 2. The van der Waals surface area contributed by atoms with E-state index in [2.05, 4.69) is 23.8 Å². The molecule has 1 aliphatic rings. The Morgan fingerprint density at radius 1 is 1.32 bits per heavy atom. The minimum Gasteiger partial charge on any atom is -0.463 e. The molecule has 5 heteroatoms. The fourth-order valence-corrected chi connectivity index (χ4v) is 2.53. The zero-order valence-electron chi connectivity index (χ0n) is 20.1. The molecule has 0 amide bonds. The van der Waals surface area contributed by atoms with Crippen LogP contribution in [0.1, 0.15) is 70.8 Å². The minimum absolute atomic E-state index is 0.281. The average Bonchev–Trinajstić information content (AvgIpc) is 2.84. The summed E-state index contributed by atoms with van der Waals surface area (Å²) in [6, 6.07) is 3.94. The first-order valence-electron chi connectivity index (χ1n) is 11.1. The third kappa shape index (κ3) is 11.3. The highest BCUT2D eigenvalue weighted by Gasteiger charge is 2.11. The van der Waals surface area contributed by atoms with Crippen molar-refractivity contribution >= 4 is 24.2 Å². The highest BCUT2D eigenvalue weighted by Crippen LogP contribution is 2.19. The summed E-state index contributed by atoms with van der Waals surface area (Å²) in [7, 11) is 1.89. The smallest absolute Gasteiger partial charge is 0.147 e. The molecular formula is C26H40N2O3. The van der Waals surface area contributed by atoms with E-state index in [1.807, 2.05) is 65.1 Å². The van der Waals surface area contributed by atoms with Gasteiger partial charge in [0, 0.05) is 31.9 Å². The molecule has 1 aliphatic heterocycles. The second-order valence-corrected chi connectivity index (χ2v) is 6.59. The SMILES string of the molecule is C=Cc1ccc(/C(=C/C)O/C=C/CC)nc1/C=C(\C)NC.CC.O=CC1CCOCC1. The predicted molar refractivity (Wildman–Crippen MR) is 132 cm³/mol. The van der Waals surface area contributed by atoms with Gasteiger partial charge in [0.2, 0.25) is 0 Å². The molecular weight excluding hydrogens is 388 g/mol. The Balaban J connectivity index is 0.000000745. The van der Waals surface area contributed by atoms with Gasteiger partial charge in [0.05, 0.1) is 12.0 Å². The van der Waals surface area contributed by atoms with E-state index in [4.69, 9.17) is 9.47 Å². The molecule has 0 radical (unpaired) electrons. The van der Waals surface area contributed by atoms with Crippen LogP contribution in [-0.4, -0.2) is 31.5 Å². The van der Waals surface area contributed by atoms with Crippen molar-refractivity contribution in [2.45, 2.75) is 53.9 Å². The molecule has 1 N–H and O–H groups in total. The molecule has 5 nitrogen and oxygen atoms in total. The van der Waals surface area contributed by atoms with E-state index >= 15 is 0 Å². The Morgan fingerprint density at radius 3 is 2.48 bits per heavy atom. The minimum atomic E-state index is 0.281. The van der Waals surface area contributed by atoms with Crippen molar-refractivity contribution in [1.29, 1.82) is 0 Å². The van der Waals surface area contributed by atoms with Gasteiger partial charge in [0.25, 0.3) is 0 Å². The van der Waals surface area contributed by atoms with Gasteiger partial charge in [-0.05, 0) is 63.0 Å². The van der Waals surface area contributed by atoms with Crippen molar-refractivity contribution in [3.05, 3.63) is 59.8 Å². The van der Waals surface area contributed by atoms with E-state index in [0.29, 0.717) is 0 Å². The van der Waals surface area contributed by atoms with Crippen molar-refractivity contribution in [3.8, 4) is 0 Å². The maximum Gasteiger partial charge on any atom is 0.147 e. The van der Waals surface area contributed by atoms with Gasteiger partial charge in [-0.15, -0.1) is 0 Å². The zero-order valence-corrected chi connectivity index (χ0v) is 20.1. The zero-order chi connectivity index (χ0) is 23.5. The molecule has 0 atom stereocenters. The first-order valence-corrected chi connectivity index (χ1v) is 11.1. The van der Waals surface area contributed by atoms with Gasteiger partial charge in [-0.25, -0.2) is 4.98 Å². The summed E-state index contributed by atoms with van der Waals surface area (Å²) in [4.78, 5) is 14.8. The lowest BCUT2D eigenvalue weighted by Gasteiger charge is -2.15. The molecule has 0 bridgehead atoms. The van der Waals surface area contributed by atoms with Crippen LogP contribution in [-0.2, 0) is 14.3 Å². The number of allylic oxidation sites excluding steroid dienone is 3. The highest BCUT2D eigenvalue weighted by molar-refractivity contribution is 5.66. The van der Waals surface area contributed by atoms with Gasteiger partial charge in [0.1, 0.15) is 17.7 Å². The van der Waals surface area contributed by atoms with Crippen LogP contribution in [0.5, 0.6) is 0 Å². The molecule has 0 aromatic carbocycles. The van der Waals surface area contributed by atoms with Crippen LogP contribution >= 0.6 is 0 Å². The molecule has 0 aliphatic carbocycles. The summed E-state index contributed by atoms with van der Waals surface area (Å²) in [6.45, 7) is 15.4. The average molecular weight is 429 g/mol. The lowest BCUT2D eigenvalue weighted by Crippen LogP contribution is -2.16. The van der Waals surface area contributed by atoms with E-state index < -0.39 is 0 Å². The van der Waals surface area contributed by atoms with Gasteiger partial charge < -0.3 is 19.6 Å². The highest BCUT2D eigenvalue weighted by atomic mass is 16.5. The Morgan fingerprint density at radius 2 is 2.00 bits per heavy atom. The van der Waals surface area contributed by atoms with Gasteiger partial charge >= 0.3 is 0 Å². The number of carbonyl (C=O) groups is 1. The monoisotopic (exact) mass is 428 g/mol. The summed E-state index contributed by atoms with van der Waals surface area (Å²) in [5.74, 6) is 1.02. The Bertz CT molecular complexity index is 730. The fraction of sp³-hybridized carbons (Fsp3) is 0.462. The van der Waals surface area contributed by atoms with Gasteiger partial charge in [-0.1, -0.05) is 39.5 Å². The predicted octanol–water partition coefficient (Wildman–Crippen LogP) is 6.24. The number of carbonyl (C=O) groups excluding carboxylic acids is 1. The summed E-state index contributed by atoms with van der Waals surface area (Å²) in [5, 5.41) is 3.10. The lowest BCUT2D eigenvalue weighted by atomic mass is 10.0. The van der Waals surface area contributed by atoms with Gasteiger partial charge in [0.15, 0.2) is 0 Å². The molecule has 1 fully saturated rings. The first-order chi connectivity index (χ1) is 15.1. The molecule has 2 heterocycles. The topological polar surface area (TPSA) is 60.5 Å². The first kappa shape index (κ1) is 28.3. The van der Waals surface area contributed by atoms with Crippen LogP contribution in [0.15, 0.2) is 42.8 Å². The second kappa shape index (κ2) is 18.1. The molecule has 1 aromatic rings. The largest absolute Gasteiger partial charge is 0.463 e. The molecule has 1 saturated heterocycles. The van der Waals surface area contributed by atoms with Gasteiger partial charge in [-0.2, -0.15) is 0 Å². The van der Waals surface area contributed by atoms with E-state index in [0.717, 1.165) is 67.2 Å². The molecule has 0 saturated carbocycles. The maximum absolute atomic E-state index is 10.1. The summed E-state index contributed by atoms with van der Waals surface area (Å²) >= 11 is 0. The van der Waals surface area contributed by atoms with Crippen molar-refractivity contribution in [2.24, 2.45) is 5.92 Å².